The van der Waals surface area contributed by atoms with E-state index in [1.165, 1.54) is 4.88 Å². The van der Waals surface area contributed by atoms with Crippen molar-refractivity contribution in [2.75, 3.05) is 7.11 Å². The minimum absolute atomic E-state index is 0.104. The summed E-state index contributed by atoms with van der Waals surface area (Å²) in [6, 6.07) is 6.27. The summed E-state index contributed by atoms with van der Waals surface area (Å²) >= 11 is 16.1. The summed E-state index contributed by atoms with van der Waals surface area (Å²) in [5.74, 6) is 0.892. The van der Waals surface area contributed by atoms with E-state index in [1.807, 2.05) is 6.07 Å². The van der Waals surface area contributed by atoms with Gasteiger partial charge in [-0.1, -0.05) is 31.9 Å². The van der Waals surface area contributed by atoms with Crippen molar-refractivity contribution in [3.8, 4) is 5.75 Å². The van der Waals surface area contributed by atoms with Crippen LogP contribution in [-0.2, 0) is 0 Å². The predicted octanol–water partition coefficient (Wildman–Crippen LogP) is 6.84. The van der Waals surface area contributed by atoms with Gasteiger partial charge in [-0.25, -0.2) is 0 Å². The van der Waals surface area contributed by atoms with Crippen molar-refractivity contribution in [2.24, 2.45) is 0 Å². The van der Waals surface area contributed by atoms with Gasteiger partial charge >= 0.3 is 0 Å². The Hall–Kier alpha value is 0.640. The van der Waals surface area contributed by atoms with Crippen LogP contribution in [0.15, 0.2) is 30.9 Å². The van der Waals surface area contributed by atoms with Crippen molar-refractivity contribution < 1.29 is 4.74 Å². The zero-order valence-electron chi connectivity index (χ0n) is 10.1. The average molecular weight is 534 g/mol. The van der Waals surface area contributed by atoms with Crippen LogP contribution < -0.4 is 4.74 Å². The minimum Gasteiger partial charge on any atom is -0.496 e. The van der Waals surface area contributed by atoms with Crippen LogP contribution >= 0.6 is 75.1 Å². The molecule has 1 aromatic heterocycles. The van der Waals surface area contributed by atoms with Gasteiger partial charge in [-0.3, -0.25) is 0 Å². The molecular weight excluding hydrogens is 524 g/mol. The molecule has 19 heavy (non-hydrogen) atoms. The van der Waals surface area contributed by atoms with Gasteiger partial charge in [0.25, 0.3) is 0 Å². The number of hydrogen-bond donors (Lipinski definition) is 0. The molecule has 0 radical (unpaired) electrons. The Bertz CT molecular complexity index is 589. The summed E-state index contributed by atoms with van der Waals surface area (Å²) in [6.45, 7) is 2.05. The second-order valence-electron chi connectivity index (χ2n) is 3.98. The maximum absolute atomic E-state index is 5.49. The number of ether oxygens (including phenoxy) is 1. The zero-order valence-corrected chi connectivity index (χ0v) is 17.3. The molecule has 0 bridgehead atoms. The van der Waals surface area contributed by atoms with Gasteiger partial charge in [-0.2, -0.15) is 0 Å². The third-order valence-electron chi connectivity index (χ3n) is 2.70. The van der Waals surface area contributed by atoms with Crippen molar-refractivity contribution >= 4 is 75.1 Å². The van der Waals surface area contributed by atoms with E-state index in [1.54, 1.807) is 18.4 Å². The fourth-order valence-corrected chi connectivity index (χ4v) is 4.90. The normalized spacial score (nSPS) is 12.5. The molecule has 1 heterocycles. The monoisotopic (exact) mass is 530 g/mol. The summed E-state index contributed by atoms with van der Waals surface area (Å²) in [5.41, 5.74) is 2.27. The van der Waals surface area contributed by atoms with E-state index < -0.39 is 0 Å². The van der Waals surface area contributed by atoms with E-state index in [2.05, 4.69) is 82.8 Å². The van der Waals surface area contributed by atoms with Crippen molar-refractivity contribution in [3.05, 3.63) is 46.9 Å². The van der Waals surface area contributed by atoms with Crippen LogP contribution in [0.25, 0.3) is 0 Å². The molecule has 1 unspecified atom stereocenters. The maximum Gasteiger partial charge on any atom is 0.123 e. The Morgan fingerprint density at radius 1 is 1.11 bits per heavy atom. The molecule has 6 heteroatoms. The first kappa shape index (κ1) is 16.0. The van der Waals surface area contributed by atoms with Gasteiger partial charge in [0.1, 0.15) is 5.75 Å². The van der Waals surface area contributed by atoms with Gasteiger partial charge in [0, 0.05) is 19.4 Å². The van der Waals surface area contributed by atoms with Gasteiger partial charge in [0.05, 0.1) is 15.7 Å². The van der Waals surface area contributed by atoms with Crippen LogP contribution in [0.5, 0.6) is 5.75 Å². The van der Waals surface area contributed by atoms with Gasteiger partial charge in [0.15, 0.2) is 0 Å². The molecule has 2 aromatic rings. The number of aryl methyl sites for hydroxylation is 1. The second-order valence-corrected chi connectivity index (χ2v) is 9.00. The smallest absolute Gasteiger partial charge is 0.123 e. The summed E-state index contributed by atoms with van der Waals surface area (Å²) in [5, 5.41) is 0. The highest BCUT2D eigenvalue weighted by Crippen LogP contribution is 2.44. The Morgan fingerprint density at radius 2 is 1.79 bits per heavy atom. The fourth-order valence-electron chi connectivity index (χ4n) is 1.69. The Kier molecular flexibility index (Phi) is 5.57. The minimum atomic E-state index is 0.104. The zero-order chi connectivity index (χ0) is 14.2. The summed E-state index contributed by atoms with van der Waals surface area (Å²) in [4.78, 5) is 1.32. The fraction of sp³-hybridized carbons (Fsp3) is 0.231. The highest BCUT2D eigenvalue weighted by molar-refractivity contribution is 9.13. The Balaban J connectivity index is 2.48. The third kappa shape index (κ3) is 3.46. The average Bonchev–Trinajstić information content (AvgIpc) is 2.71. The lowest BCUT2D eigenvalue weighted by atomic mass is 10.1. The van der Waals surface area contributed by atoms with Gasteiger partial charge in [0.2, 0.25) is 0 Å². The molecule has 0 saturated heterocycles. The first-order chi connectivity index (χ1) is 8.93. The van der Waals surface area contributed by atoms with Crippen LogP contribution in [-0.4, -0.2) is 7.11 Å². The van der Waals surface area contributed by atoms with Gasteiger partial charge < -0.3 is 4.74 Å². The van der Waals surface area contributed by atoms with Crippen LogP contribution in [0.1, 0.15) is 20.8 Å². The van der Waals surface area contributed by atoms with Crippen molar-refractivity contribution in [1.82, 2.24) is 0 Å². The second kappa shape index (κ2) is 6.60. The highest BCUT2D eigenvalue weighted by Gasteiger charge is 2.19. The quantitative estimate of drug-likeness (QED) is 0.393. The van der Waals surface area contributed by atoms with E-state index in [9.17, 15) is 0 Å². The van der Waals surface area contributed by atoms with Crippen molar-refractivity contribution in [3.63, 3.8) is 0 Å². The molecule has 0 aliphatic carbocycles. The molecule has 0 aliphatic rings. The molecule has 0 fully saturated rings. The lowest BCUT2D eigenvalue weighted by Gasteiger charge is -2.15. The molecule has 102 valence electrons. The van der Waals surface area contributed by atoms with E-state index in [0.29, 0.717) is 0 Å². The molecule has 1 aromatic carbocycles. The maximum atomic E-state index is 5.49. The summed E-state index contributed by atoms with van der Waals surface area (Å²) in [6.07, 6.45) is 0. The first-order valence-corrected chi connectivity index (χ1v) is 9.48. The molecule has 0 saturated carbocycles. The molecule has 1 nitrogen and oxygen atoms in total. The number of thiophene rings is 1. The Labute approximate surface area is 150 Å². The van der Waals surface area contributed by atoms with Crippen molar-refractivity contribution in [2.45, 2.75) is 11.8 Å². The SMILES string of the molecule is COc1cc(C)c(Br)cc1C(Br)c1cc(Br)c(Br)s1. The van der Waals surface area contributed by atoms with E-state index in [0.717, 1.165) is 29.6 Å². The lowest BCUT2D eigenvalue weighted by Crippen LogP contribution is -1.96. The summed E-state index contributed by atoms with van der Waals surface area (Å²) in [7, 11) is 1.70. The number of alkyl halides is 1. The van der Waals surface area contributed by atoms with Crippen LogP contribution in [0.3, 0.4) is 0 Å². The topological polar surface area (TPSA) is 9.23 Å². The van der Waals surface area contributed by atoms with Gasteiger partial charge in [-0.05, 0) is 62.5 Å². The van der Waals surface area contributed by atoms with E-state index in [4.69, 9.17) is 4.74 Å². The van der Waals surface area contributed by atoms with Crippen LogP contribution in [0.4, 0.5) is 0 Å². The van der Waals surface area contributed by atoms with E-state index in [-0.39, 0.29) is 4.83 Å². The Morgan fingerprint density at radius 3 is 2.32 bits per heavy atom. The third-order valence-corrected chi connectivity index (χ3v) is 8.16. The molecule has 1 atom stereocenters. The molecule has 0 N–H and O–H groups in total. The van der Waals surface area contributed by atoms with Crippen LogP contribution in [0.2, 0.25) is 0 Å². The molecular formula is C13H10Br4OS. The number of halogens is 4. The number of rotatable bonds is 3. The number of benzene rings is 1. The first-order valence-electron chi connectivity index (χ1n) is 5.37. The van der Waals surface area contributed by atoms with E-state index >= 15 is 0 Å². The highest BCUT2D eigenvalue weighted by atomic mass is 79.9. The molecule has 0 amide bonds. The molecule has 0 spiro atoms. The van der Waals surface area contributed by atoms with Crippen molar-refractivity contribution in [1.29, 1.82) is 0 Å². The number of hydrogen-bond acceptors (Lipinski definition) is 2. The standard InChI is InChI=1S/C13H10Br4OS/c1-6-3-10(18-2)7(4-8(6)14)12(16)11-5-9(15)13(17)19-11/h3-5,12H,1-2H3. The van der Waals surface area contributed by atoms with Crippen LogP contribution in [0, 0.1) is 6.92 Å². The summed E-state index contributed by atoms with van der Waals surface area (Å²) < 4.78 is 8.74. The largest absolute Gasteiger partial charge is 0.496 e. The number of methoxy groups -OCH3 is 1. The molecule has 2 rings (SSSR count). The predicted molar refractivity (Wildman–Crippen MR) is 95.9 cm³/mol. The van der Waals surface area contributed by atoms with Gasteiger partial charge in [-0.15, -0.1) is 11.3 Å². The molecule has 0 aliphatic heterocycles. The lowest BCUT2D eigenvalue weighted by molar-refractivity contribution is 0.410.